The Morgan fingerprint density at radius 2 is 2.18 bits per heavy atom. The van der Waals surface area contributed by atoms with Crippen molar-refractivity contribution in [3.05, 3.63) is 39.9 Å². The van der Waals surface area contributed by atoms with Crippen LogP contribution >= 0.6 is 0 Å². The molecule has 1 aromatic carbocycles. The van der Waals surface area contributed by atoms with Gasteiger partial charge in [-0.2, -0.15) is 0 Å². The minimum absolute atomic E-state index is 0.00231. The van der Waals surface area contributed by atoms with E-state index in [0.29, 0.717) is 0 Å². The third-order valence-corrected chi connectivity index (χ3v) is 2.35. The van der Waals surface area contributed by atoms with E-state index in [0.717, 1.165) is 12.1 Å². The number of ether oxygens (including phenoxy) is 1. The molecule has 0 aliphatic carbocycles. The molecule has 88 valence electrons. The second-order valence-electron chi connectivity index (χ2n) is 3.35. The summed E-state index contributed by atoms with van der Waals surface area (Å²) in [6, 6.07) is 3.31. The van der Waals surface area contributed by atoms with Crippen LogP contribution in [-0.4, -0.2) is 23.2 Å². The van der Waals surface area contributed by atoms with E-state index in [1.807, 2.05) is 0 Å². The van der Waals surface area contributed by atoms with Crippen molar-refractivity contribution in [2.45, 2.75) is 0 Å². The Bertz CT molecular complexity index is 662. The van der Waals surface area contributed by atoms with Gasteiger partial charge in [0, 0.05) is 6.07 Å². The van der Waals surface area contributed by atoms with E-state index < -0.39 is 17.2 Å². The molecule has 0 aliphatic rings. The number of nitrogens with one attached hydrogen (secondary N) is 1. The molecule has 0 amide bonds. The van der Waals surface area contributed by atoms with E-state index in [9.17, 15) is 14.0 Å². The average Bonchev–Trinajstić information content (AvgIpc) is 2.30. The molecule has 5 nitrogen and oxygen atoms in total. The number of carboxylic acid groups (broad SMARTS) is 1. The molecule has 0 saturated heterocycles. The molecule has 0 spiro atoms. The second kappa shape index (κ2) is 3.89. The molecule has 17 heavy (non-hydrogen) atoms. The molecule has 0 bridgehead atoms. The Morgan fingerprint density at radius 3 is 2.76 bits per heavy atom. The predicted molar refractivity (Wildman–Crippen MR) is 58.0 cm³/mol. The van der Waals surface area contributed by atoms with Gasteiger partial charge in [0.1, 0.15) is 17.3 Å². The average molecular weight is 237 g/mol. The first-order valence-electron chi connectivity index (χ1n) is 4.67. The topological polar surface area (TPSA) is 79.4 Å². The smallest absolute Gasteiger partial charge is 0.352 e. The van der Waals surface area contributed by atoms with Gasteiger partial charge < -0.3 is 14.8 Å². The number of benzene rings is 1. The fraction of sp³-hybridized carbons (Fsp3) is 0.0909. The lowest BCUT2D eigenvalue weighted by Crippen LogP contribution is -2.11. The van der Waals surface area contributed by atoms with Crippen molar-refractivity contribution < 1.29 is 19.0 Å². The molecule has 0 aliphatic heterocycles. The van der Waals surface area contributed by atoms with E-state index in [1.54, 1.807) is 0 Å². The Labute approximate surface area is 94.5 Å². The van der Waals surface area contributed by atoms with Gasteiger partial charge in [-0.3, -0.25) is 4.79 Å². The van der Waals surface area contributed by atoms with Gasteiger partial charge in [0.05, 0.1) is 18.0 Å². The van der Waals surface area contributed by atoms with Crippen molar-refractivity contribution in [1.29, 1.82) is 0 Å². The Kier molecular flexibility index (Phi) is 2.55. The van der Waals surface area contributed by atoms with Gasteiger partial charge in [0.25, 0.3) is 0 Å². The summed E-state index contributed by atoms with van der Waals surface area (Å²) in [5.74, 6) is -1.84. The minimum atomic E-state index is -1.33. The lowest BCUT2D eigenvalue weighted by atomic mass is 10.1. The standard InChI is InChI=1S/C11H8FNO4/c1-17-8-3-2-5(12)10-9(8)7(14)4-6(13-10)11(15)16/h2-4H,1H3,(H,13,14)(H,15,16). The molecule has 0 atom stereocenters. The number of carbonyl (C=O) groups is 1. The van der Waals surface area contributed by atoms with Crippen LogP contribution in [0.15, 0.2) is 23.0 Å². The molecule has 6 heteroatoms. The first kappa shape index (κ1) is 11.1. The van der Waals surface area contributed by atoms with Crippen LogP contribution in [0.25, 0.3) is 10.9 Å². The van der Waals surface area contributed by atoms with Gasteiger partial charge in [-0.05, 0) is 12.1 Å². The number of fused-ring (bicyclic) bond motifs is 1. The van der Waals surface area contributed by atoms with E-state index in [4.69, 9.17) is 9.84 Å². The van der Waals surface area contributed by atoms with E-state index >= 15 is 0 Å². The molecule has 0 radical (unpaired) electrons. The predicted octanol–water partition coefficient (Wildman–Crippen LogP) is 1.37. The number of methoxy groups -OCH3 is 1. The highest BCUT2D eigenvalue weighted by atomic mass is 19.1. The minimum Gasteiger partial charge on any atom is -0.496 e. The molecule has 1 aromatic heterocycles. The Morgan fingerprint density at radius 1 is 1.47 bits per heavy atom. The fourth-order valence-corrected chi connectivity index (χ4v) is 1.58. The number of aromatic carboxylic acids is 1. The molecule has 2 aromatic rings. The largest absolute Gasteiger partial charge is 0.496 e. The first-order valence-corrected chi connectivity index (χ1v) is 4.67. The molecular formula is C11H8FNO4. The molecular weight excluding hydrogens is 229 g/mol. The summed E-state index contributed by atoms with van der Waals surface area (Å²) in [5.41, 5.74) is -1.14. The first-order chi connectivity index (χ1) is 8.04. The van der Waals surface area contributed by atoms with Crippen LogP contribution in [0, 0.1) is 5.82 Å². The molecule has 0 saturated carbocycles. The van der Waals surface area contributed by atoms with Crippen molar-refractivity contribution in [3.8, 4) is 5.75 Å². The van der Waals surface area contributed by atoms with Crippen LogP contribution in [-0.2, 0) is 0 Å². The van der Waals surface area contributed by atoms with Crippen LogP contribution in [0.4, 0.5) is 4.39 Å². The SMILES string of the molecule is COc1ccc(F)c2[nH]c(C(=O)O)cc(=O)c12. The maximum Gasteiger partial charge on any atom is 0.352 e. The van der Waals surface area contributed by atoms with Crippen LogP contribution in [0.2, 0.25) is 0 Å². The number of halogens is 1. The molecule has 2 rings (SSSR count). The maximum absolute atomic E-state index is 13.5. The second-order valence-corrected chi connectivity index (χ2v) is 3.35. The van der Waals surface area contributed by atoms with Crippen LogP contribution in [0.5, 0.6) is 5.75 Å². The Hall–Kier alpha value is -2.37. The van der Waals surface area contributed by atoms with Crippen molar-refractivity contribution >= 4 is 16.9 Å². The fourth-order valence-electron chi connectivity index (χ4n) is 1.58. The molecule has 1 heterocycles. The molecule has 0 fully saturated rings. The number of hydrogen-bond acceptors (Lipinski definition) is 3. The number of carboxylic acids is 1. The van der Waals surface area contributed by atoms with Gasteiger partial charge in [-0.1, -0.05) is 0 Å². The highest BCUT2D eigenvalue weighted by Gasteiger charge is 2.14. The summed E-state index contributed by atoms with van der Waals surface area (Å²) < 4.78 is 18.4. The monoisotopic (exact) mass is 237 g/mol. The van der Waals surface area contributed by atoms with Gasteiger partial charge in [0.2, 0.25) is 0 Å². The zero-order valence-corrected chi connectivity index (χ0v) is 8.78. The van der Waals surface area contributed by atoms with Crippen molar-refractivity contribution in [1.82, 2.24) is 4.98 Å². The number of pyridine rings is 1. The van der Waals surface area contributed by atoms with Crippen molar-refractivity contribution in [2.75, 3.05) is 7.11 Å². The summed E-state index contributed by atoms with van der Waals surface area (Å²) in [5, 5.41) is 8.76. The van der Waals surface area contributed by atoms with Gasteiger partial charge in [-0.25, -0.2) is 9.18 Å². The summed E-state index contributed by atoms with van der Waals surface area (Å²) in [4.78, 5) is 24.8. The van der Waals surface area contributed by atoms with E-state index in [-0.39, 0.29) is 22.3 Å². The zero-order chi connectivity index (χ0) is 12.6. The van der Waals surface area contributed by atoms with Gasteiger partial charge in [-0.15, -0.1) is 0 Å². The number of rotatable bonds is 2. The van der Waals surface area contributed by atoms with Crippen molar-refractivity contribution in [2.24, 2.45) is 0 Å². The third-order valence-electron chi connectivity index (χ3n) is 2.35. The lowest BCUT2D eigenvalue weighted by Gasteiger charge is -2.06. The highest BCUT2D eigenvalue weighted by Crippen LogP contribution is 2.23. The third kappa shape index (κ3) is 1.73. The number of aromatic nitrogens is 1. The van der Waals surface area contributed by atoms with Crippen LogP contribution < -0.4 is 10.2 Å². The molecule has 0 unspecified atom stereocenters. The van der Waals surface area contributed by atoms with Gasteiger partial charge >= 0.3 is 5.97 Å². The summed E-state index contributed by atoms with van der Waals surface area (Å²) in [6.07, 6.45) is 0. The Balaban J connectivity index is 2.94. The van der Waals surface area contributed by atoms with E-state index in [1.165, 1.54) is 13.2 Å². The van der Waals surface area contributed by atoms with Gasteiger partial charge in [0.15, 0.2) is 5.43 Å². The summed E-state index contributed by atoms with van der Waals surface area (Å²) >= 11 is 0. The quantitative estimate of drug-likeness (QED) is 0.826. The van der Waals surface area contributed by atoms with Crippen LogP contribution in [0.1, 0.15) is 10.5 Å². The summed E-state index contributed by atoms with van der Waals surface area (Å²) in [7, 11) is 1.34. The maximum atomic E-state index is 13.5. The lowest BCUT2D eigenvalue weighted by molar-refractivity contribution is 0.0691. The summed E-state index contributed by atoms with van der Waals surface area (Å²) in [6.45, 7) is 0. The van der Waals surface area contributed by atoms with E-state index in [2.05, 4.69) is 4.98 Å². The molecule has 2 N–H and O–H groups in total. The zero-order valence-electron chi connectivity index (χ0n) is 8.78. The van der Waals surface area contributed by atoms with Crippen LogP contribution in [0.3, 0.4) is 0 Å². The number of hydrogen-bond donors (Lipinski definition) is 2. The highest BCUT2D eigenvalue weighted by molar-refractivity contribution is 5.92. The number of H-pyrrole nitrogens is 1. The van der Waals surface area contributed by atoms with Crippen molar-refractivity contribution in [3.63, 3.8) is 0 Å². The normalized spacial score (nSPS) is 10.5. The number of aromatic amines is 1.